The van der Waals surface area contributed by atoms with Crippen LogP contribution >= 0.6 is 0 Å². The van der Waals surface area contributed by atoms with Crippen molar-refractivity contribution in [3.63, 3.8) is 0 Å². The second-order valence-electron chi connectivity index (χ2n) is 5.75. The Hall–Kier alpha value is -2.61. The zero-order chi connectivity index (χ0) is 16.1. The van der Waals surface area contributed by atoms with Crippen LogP contribution in [0.25, 0.3) is 0 Å². The lowest BCUT2D eigenvalue weighted by molar-refractivity contribution is 0.414. The molecule has 5 heteroatoms. The molecule has 1 fully saturated rings. The zero-order valence-electron chi connectivity index (χ0n) is 13.3. The quantitative estimate of drug-likeness (QED) is 0.869. The van der Waals surface area contributed by atoms with E-state index >= 15 is 0 Å². The number of hydrogen-bond donors (Lipinski definition) is 0. The number of nitriles is 1. The highest BCUT2D eigenvalue weighted by Crippen LogP contribution is 2.26. The van der Waals surface area contributed by atoms with Crippen LogP contribution in [0.15, 0.2) is 36.5 Å². The summed E-state index contributed by atoms with van der Waals surface area (Å²) in [6.07, 6.45) is 6.16. The Balaban J connectivity index is 1.79. The predicted octanol–water partition coefficient (Wildman–Crippen LogP) is 2.96. The number of methoxy groups -OCH3 is 1. The molecule has 1 saturated heterocycles. The standard InChI is InChI=1S/C18H20N4O/c1-23-16-7-5-14(6-8-16)12-15-4-2-3-11-22(15)18-9-10-20-17(13-19)21-18/h5-10,15H,2-4,11-12H2,1H3/t15-/m0/s1. The molecule has 0 amide bonds. The van der Waals surface area contributed by atoms with E-state index in [9.17, 15) is 0 Å². The number of benzene rings is 1. The molecule has 118 valence electrons. The van der Waals surface area contributed by atoms with Crippen molar-refractivity contribution in [2.45, 2.75) is 31.7 Å². The first-order valence-electron chi connectivity index (χ1n) is 7.93. The van der Waals surface area contributed by atoms with Crippen LogP contribution < -0.4 is 9.64 Å². The fourth-order valence-corrected chi connectivity index (χ4v) is 3.11. The van der Waals surface area contributed by atoms with Gasteiger partial charge in [-0.2, -0.15) is 5.26 Å². The molecule has 0 spiro atoms. The molecule has 1 aliphatic heterocycles. The van der Waals surface area contributed by atoms with E-state index < -0.39 is 0 Å². The third kappa shape index (κ3) is 3.59. The number of hydrogen-bond acceptors (Lipinski definition) is 5. The summed E-state index contributed by atoms with van der Waals surface area (Å²) in [5.41, 5.74) is 1.29. The first kappa shape index (κ1) is 15.3. The summed E-state index contributed by atoms with van der Waals surface area (Å²) < 4.78 is 5.22. The Bertz CT molecular complexity index is 693. The Morgan fingerprint density at radius 3 is 2.83 bits per heavy atom. The second-order valence-corrected chi connectivity index (χ2v) is 5.75. The van der Waals surface area contributed by atoms with Gasteiger partial charge in [0.05, 0.1) is 7.11 Å². The molecule has 0 radical (unpaired) electrons. The molecule has 1 atom stereocenters. The fourth-order valence-electron chi connectivity index (χ4n) is 3.11. The molecular weight excluding hydrogens is 288 g/mol. The van der Waals surface area contributed by atoms with Crippen molar-refractivity contribution in [3.05, 3.63) is 47.9 Å². The topological polar surface area (TPSA) is 62.0 Å². The van der Waals surface area contributed by atoms with Gasteiger partial charge in [0.15, 0.2) is 0 Å². The van der Waals surface area contributed by atoms with Gasteiger partial charge in [0.25, 0.3) is 0 Å². The maximum absolute atomic E-state index is 9.01. The average Bonchev–Trinajstić information content (AvgIpc) is 2.63. The summed E-state index contributed by atoms with van der Waals surface area (Å²) in [4.78, 5) is 10.7. The van der Waals surface area contributed by atoms with Gasteiger partial charge in [-0.15, -0.1) is 0 Å². The lowest BCUT2D eigenvalue weighted by Gasteiger charge is -2.36. The molecule has 2 heterocycles. The minimum atomic E-state index is 0.233. The lowest BCUT2D eigenvalue weighted by atomic mass is 9.95. The predicted molar refractivity (Wildman–Crippen MR) is 88.4 cm³/mol. The van der Waals surface area contributed by atoms with Crippen LogP contribution in [0.2, 0.25) is 0 Å². The molecule has 2 aromatic rings. The summed E-state index contributed by atoms with van der Waals surface area (Å²) >= 11 is 0. The largest absolute Gasteiger partial charge is 0.497 e. The number of rotatable bonds is 4. The molecule has 0 N–H and O–H groups in total. The van der Waals surface area contributed by atoms with Crippen LogP contribution in [-0.2, 0) is 6.42 Å². The fraction of sp³-hybridized carbons (Fsp3) is 0.389. The first-order chi connectivity index (χ1) is 11.3. The Kier molecular flexibility index (Phi) is 4.72. The lowest BCUT2D eigenvalue weighted by Crippen LogP contribution is -2.41. The molecular formula is C18H20N4O. The smallest absolute Gasteiger partial charge is 0.234 e. The normalized spacial score (nSPS) is 17.6. The van der Waals surface area contributed by atoms with Gasteiger partial charge >= 0.3 is 0 Å². The van der Waals surface area contributed by atoms with Crippen molar-refractivity contribution < 1.29 is 4.74 Å². The Morgan fingerprint density at radius 1 is 1.26 bits per heavy atom. The van der Waals surface area contributed by atoms with Gasteiger partial charge in [0.2, 0.25) is 5.82 Å². The maximum atomic E-state index is 9.01. The molecule has 0 unspecified atom stereocenters. The van der Waals surface area contributed by atoms with Crippen LogP contribution in [0, 0.1) is 11.3 Å². The van der Waals surface area contributed by atoms with E-state index in [0.717, 1.165) is 37.4 Å². The van der Waals surface area contributed by atoms with Crippen LogP contribution in [0.4, 0.5) is 5.82 Å². The molecule has 0 aliphatic carbocycles. The number of ether oxygens (including phenoxy) is 1. The van der Waals surface area contributed by atoms with E-state index in [2.05, 4.69) is 27.0 Å². The minimum absolute atomic E-state index is 0.233. The summed E-state index contributed by atoms with van der Waals surface area (Å²) in [5.74, 6) is 1.97. The van der Waals surface area contributed by atoms with E-state index in [1.165, 1.54) is 12.0 Å². The summed E-state index contributed by atoms with van der Waals surface area (Å²) in [7, 11) is 1.68. The SMILES string of the molecule is COc1ccc(C[C@@H]2CCCCN2c2ccnc(C#N)n2)cc1. The number of anilines is 1. The highest BCUT2D eigenvalue weighted by molar-refractivity contribution is 5.41. The van der Waals surface area contributed by atoms with E-state index in [4.69, 9.17) is 10.00 Å². The van der Waals surface area contributed by atoms with Crippen molar-refractivity contribution in [1.82, 2.24) is 9.97 Å². The molecule has 1 aromatic heterocycles. The maximum Gasteiger partial charge on any atom is 0.234 e. The van der Waals surface area contributed by atoms with E-state index in [1.807, 2.05) is 24.3 Å². The first-order valence-corrected chi connectivity index (χ1v) is 7.93. The third-order valence-corrected chi connectivity index (χ3v) is 4.29. The molecule has 1 aliphatic rings. The van der Waals surface area contributed by atoms with E-state index in [-0.39, 0.29) is 5.82 Å². The molecule has 0 saturated carbocycles. The molecule has 23 heavy (non-hydrogen) atoms. The Morgan fingerprint density at radius 2 is 2.09 bits per heavy atom. The molecule has 5 nitrogen and oxygen atoms in total. The van der Waals surface area contributed by atoms with Crippen molar-refractivity contribution in [2.75, 3.05) is 18.6 Å². The van der Waals surface area contributed by atoms with Crippen molar-refractivity contribution >= 4 is 5.82 Å². The van der Waals surface area contributed by atoms with Crippen LogP contribution in [0.5, 0.6) is 5.75 Å². The van der Waals surface area contributed by atoms with Gasteiger partial charge in [-0.25, -0.2) is 9.97 Å². The number of nitrogens with zero attached hydrogens (tertiary/aromatic N) is 4. The summed E-state index contributed by atoms with van der Waals surface area (Å²) in [6.45, 7) is 0.975. The van der Waals surface area contributed by atoms with Crippen molar-refractivity contribution in [1.29, 1.82) is 5.26 Å². The van der Waals surface area contributed by atoms with Gasteiger partial charge in [-0.3, -0.25) is 0 Å². The van der Waals surface area contributed by atoms with Crippen LogP contribution in [0.3, 0.4) is 0 Å². The van der Waals surface area contributed by atoms with E-state index in [1.54, 1.807) is 13.3 Å². The summed E-state index contributed by atoms with van der Waals surface area (Å²) in [6, 6.07) is 12.6. The van der Waals surface area contributed by atoms with Crippen molar-refractivity contribution in [2.24, 2.45) is 0 Å². The molecule has 3 rings (SSSR count). The summed E-state index contributed by atoms with van der Waals surface area (Å²) in [5, 5.41) is 9.01. The van der Waals surface area contributed by atoms with Gasteiger partial charge in [-0.05, 0) is 49.4 Å². The number of piperidine rings is 1. The Labute approximate surface area is 136 Å². The van der Waals surface area contributed by atoms with Gasteiger partial charge in [0.1, 0.15) is 17.6 Å². The van der Waals surface area contributed by atoms with Gasteiger partial charge < -0.3 is 9.64 Å². The third-order valence-electron chi connectivity index (χ3n) is 4.29. The van der Waals surface area contributed by atoms with Crippen LogP contribution in [0.1, 0.15) is 30.7 Å². The highest BCUT2D eigenvalue weighted by atomic mass is 16.5. The van der Waals surface area contributed by atoms with Gasteiger partial charge in [0, 0.05) is 18.8 Å². The van der Waals surface area contributed by atoms with Crippen LogP contribution in [-0.4, -0.2) is 29.7 Å². The molecule has 0 bridgehead atoms. The highest BCUT2D eigenvalue weighted by Gasteiger charge is 2.24. The minimum Gasteiger partial charge on any atom is -0.497 e. The monoisotopic (exact) mass is 308 g/mol. The average molecular weight is 308 g/mol. The molecule has 1 aromatic carbocycles. The second kappa shape index (κ2) is 7.10. The van der Waals surface area contributed by atoms with E-state index in [0.29, 0.717) is 6.04 Å². The van der Waals surface area contributed by atoms with Gasteiger partial charge in [-0.1, -0.05) is 12.1 Å². The number of aromatic nitrogens is 2. The zero-order valence-corrected chi connectivity index (χ0v) is 13.3. The van der Waals surface area contributed by atoms with Crippen molar-refractivity contribution in [3.8, 4) is 11.8 Å².